The standard InChI is InChI=1S/C13H14ClN3OS/c1-8(5-10-3-2-4-19-10)17-13(18)11-6-9(15)7-16-12(11)14/h2-4,6-8H,5,15H2,1H3,(H,17,18). The van der Waals surface area contributed by atoms with Crippen molar-refractivity contribution in [3.05, 3.63) is 45.4 Å². The highest BCUT2D eigenvalue weighted by atomic mass is 35.5. The van der Waals surface area contributed by atoms with E-state index < -0.39 is 0 Å². The number of carbonyl (C=O) groups excluding carboxylic acids is 1. The molecule has 2 heterocycles. The van der Waals surface area contributed by atoms with Gasteiger partial charge < -0.3 is 11.1 Å². The normalized spacial score (nSPS) is 12.1. The van der Waals surface area contributed by atoms with Gasteiger partial charge in [0.2, 0.25) is 0 Å². The molecule has 2 aromatic heterocycles. The predicted molar refractivity (Wildman–Crippen MR) is 78.6 cm³/mol. The summed E-state index contributed by atoms with van der Waals surface area (Å²) in [6, 6.07) is 5.58. The molecule has 2 rings (SSSR count). The molecule has 0 aliphatic carbocycles. The van der Waals surface area contributed by atoms with Gasteiger partial charge in [0.25, 0.3) is 5.91 Å². The van der Waals surface area contributed by atoms with Gasteiger partial charge in [-0.05, 0) is 24.4 Å². The number of rotatable bonds is 4. The first-order valence-electron chi connectivity index (χ1n) is 5.80. The Balaban J connectivity index is 2.02. The van der Waals surface area contributed by atoms with Gasteiger partial charge in [-0.2, -0.15) is 0 Å². The average molecular weight is 296 g/mol. The second-order valence-electron chi connectivity index (χ2n) is 4.27. The molecule has 1 unspecified atom stereocenters. The summed E-state index contributed by atoms with van der Waals surface area (Å²) in [7, 11) is 0. The molecule has 3 N–H and O–H groups in total. The van der Waals surface area contributed by atoms with Crippen LogP contribution in [0, 0.1) is 0 Å². The van der Waals surface area contributed by atoms with Gasteiger partial charge in [0, 0.05) is 17.3 Å². The molecule has 0 aliphatic heterocycles. The third-order valence-corrected chi connectivity index (χ3v) is 3.77. The Kier molecular flexibility index (Phi) is 4.39. The number of nitrogen functional groups attached to an aromatic ring is 1. The van der Waals surface area contributed by atoms with Gasteiger partial charge >= 0.3 is 0 Å². The molecule has 1 atom stereocenters. The fourth-order valence-corrected chi connectivity index (χ4v) is 2.73. The zero-order valence-electron chi connectivity index (χ0n) is 10.4. The average Bonchev–Trinajstić information content (AvgIpc) is 2.84. The molecule has 0 aliphatic rings. The van der Waals surface area contributed by atoms with Gasteiger partial charge in [-0.3, -0.25) is 4.79 Å². The van der Waals surface area contributed by atoms with E-state index in [1.54, 1.807) is 11.3 Å². The molecular formula is C13H14ClN3OS. The zero-order valence-corrected chi connectivity index (χ0v) is 12.0. The van der Waals surface area contributed by atoms with Crippen LogP contribution < -0.4 is 11.1 Å². The first-order chi connectivity index (χ1) is 9.06. The van der Waals surface area contributed by atoms with E-state index in [1.165, 1.54) is 17.1 Å². The minimum atomic E-state index is -0.256. The molecule has 100 valence electrons. The van der Waals surface area contributed by atoms with E-state index >= 15 is 0 Å². The van der Waals surface area contributed by atoms with Crippen LogP contribution in [0.2, 0.25) is 5.15 Å². The first-order valence-corrected chi connectivity index (χ1v) is 7.06. The number of hydrogen-bond acceptors (Lipinski definition) is 4. The van der Waals surface area contributed by atoms with Crippen molar-refractivity contribution in [3.8, 4) is 0 Å². The lowest BCUT2D eigenvalue weighted by Gasteiger charge is -2.13. The fourth-order valence-electron chi connectivity index (χ4n) is 1.71. The Labute approximate surface area is 120 Å². The molecule has 19 heavy (non-hydrogen) atoms. The van der Waals surface area contributed by atoms with Crippen molar-refractivity contribution >= 4 is 34.5 Å². The molecule has 1 amide bonds. The number of pyridine rings is 1. The topological polar surface area (TPSA) is 68.0 Å². The molecular weight excluding hydrogens is 282 g/mol. The van der Waals surface area contributed by atoms with Crippen molar-refractivity contribution in [1.82, 2.24) is 10.3 Å². The Morgan fingerprint density at radius 3 is 3.11 bits per heavy atom. The van der Waals surface area contributed by atoms with E-state index in [2.05, 4.69) is 10.3 Å². The molecule has 4 nitrogen and oxygen atoms in total. The summed E-state index contributed by atoms with van der Waals surface area (Å²) < 4.78 is 0. The highest BCUT2D eigenvalue weighted by Crippen LogP contribution is 2.16. The number of nitrogens with two attached hydrogens (primary N) is 1. The van der Waals surface area contributed by atoms with Gasteiger partial charge in [-0.25, -0.2) is 4.98 Å². The number of carbonyl (C=O) groups is 1. The van der Waals surface area contributed by atoms with Crippen molar-refractivity contribution in [3.63, 3.8) is 0 Å². The van der Waals surface area contributed by atoms with Crippen LogP contribution in [0.15, 0.2) is 29.8 Å². The summed E-state index contributed by atoms with van der Waals surface area (Å²) in [5, 5.41) is 5.07. The van der Waals surface area contributed by atoms with E-state index in [9.17, 15) is 4.79 Å². The number of nitrogens with zero attached hydrogens (tertiary/aromatic N) is 1. The van der Waals surface area contributed by atoms with Crippen molar-refractivity contribution in [2.75, 3.05) is 5.73 Å². The molecule has 0 radical (unpaired) electrons. The van der Waals surface area contributed by atoms with Gasteiger partial charge in [0.15, 0.2) is 0 Å². The van der Waals surface area contributed by atoms with Crippen LogP contribution in [-0.4, -0.2) is 16.9 Å². The van der Waals surface area contributed by atoms with Gasteiger partial charge in [-0.1, -0.05) is 17.7 Å². The van der Waals surface area contributed by atoms with Crippen molar-refractivity contribution in [2.24, 2.45) is 0 Å². The highest BCUT2D eigenvalue weighted by Gasteiger charge is 2.14. The molecule has 0 aromatic carbocycles. The molecule has 6 heteroatoms. The monoisotopic (exact) mass is 295 g/mol. The van der Waals surface area contributed by atoms with Gasteiger partial charge in [0.05, 0.1) is 17.4 Å². The Hall–Kier alpha value is -1.59. The Morgan fingerprint density at radius 2 is 2.42 bits per heavy atom. The van der Waals surface area contributed by atoms with Crippen molar-refractivity contribution in [2.45, 2.75) is 19.4 Å². The SMILES string of the molecule is CC(Cc1cccs1)NC(=O)c1cc(N)cnc1Cl. The molecule has 0 bridgehead atoms. The largest absolute Gasteiger partial charge is 0.397 e. The van der Waals surface area contributed by atoms with Crippen LogP contribution in [-0.2, 0) is 6.42 Å². The number of nitrogens with one attached hydrogen (secondary N) is 1. The van der Waals surface area contributed by atoms with Crippen LogP contribution in [0.4, 0.5) is 5.69 Å². The maximum atomic E-state index is 12.1. The lowest BCUT2D eigenvalue weighted by atomic mass is 10.2. The Bertz CT molecular complexity index is 571. The van der Waals surface area contributed by atoms with E-state index in [-0.39, 0.29) is 17.1 Å². The summed E-state index contributed by atoms with van der Waals surface area (Å²) >= 11 is 7.56. The lowest BCUT2D eigenvalue weighted by molar-refractivity contribution is 0.0940. The molecule has 0 fully saturated rings. The summed E-state index contributed by atoms with van der Waals surface area (Å²) in [4.78, 5) is 17.2. The summed E-state index contributed by atoms with van der Waals surface area (Å²) in [5.41, 5.74) is 6.33. The highest BCUT2D eigenvalue weighted by molar-refractivity contribution is 7.09. The van der Waals surface area contributed by atoms with Gasteiger partial charge in [0.1, 0.15) is 5.15 Å². The summed E-state index contributed by atoms with van der Waals surface area (Å²) in [5.74, 6) is -0.256. The molecule has 0 saturated carbocycles. The smallest absolute Gasteiger partial charge is 0.254 e. The maximum Gasteiger partial charge on any atom is 0.254 e. The van der Waals surface area contributed by atoms with Crippen LogP contribution in [0.25, 0.3) is 0 Å². The van der Waals surface area contributed by atoms with E-state index in [0.717, 1.165) is 6.42 Å². The second kappa shape index (κ2) is 6.04. The number of hydrogen-bond donors (Lipinski definition) is 2. The summed E-state index contributed by atoms with van der Waals surface area (Å²) in [6.45, 7) is 1.95. The number of amides is 1. The minimum absolute atomic E-state index is 0.0173. The zero-order chi connectivity index (χ0) is 13.8. The van der Waals surface area contributed by atoms with Gasteiger partial charge in [-0.15, -0.1) is 11.3 Å². The van der Waals surface area contributed by atoms with Crippen molar-refractivity contribution in [1.29, 1.82) is 0 Å². The predicted octanol–water partition coefficient (Wildman–Crippen LogP) is 2.74. The van der Waals surface area contributed by atoms with Crippen LogP contribution in [0.5, 0.6) is 0 Å². The van der Waals surface area contributed by atoms with E-state index in [4.69, 9.17) is 17.3 Å². The number of aromatic nitrogens is 1. The number of anilines is 1. The molecule has 0 spiro atoms. The third-order valence-electron chi connectivity index (χ3n) is 2.57. The number of thiophene rings is 1. The first kappa shape index (κ1) is 13.8. The summed E-state index contributed by atoms with van der Waals surface area (Å²) in [6.07, 6.45) is 2.21. The van der Waals surface area contributed by atoms with E-state index in [0.29, 0.717) is 11.3 Å². The fraction of sp³-hybridized carbons (Fsp3) is 0.231. The Morgan fingerprint density at radius 1 is 1.63 bits per heavy atom. The quantitative estimate of drug-likeness (QED) is 0.852. The minimum Gasteiger partial charge on any atom is -0.397 e. The second-order valence-corrected chi connectivity index (χ2v) is 5.66. The van der Waals surface area contributed by atoms with Crippen LogP contribution in [0.3, 0.4) is 0 Å². The molecule has 2 aromatic rings. The van der Waals surface area contributed by atoms with Crippen LogP contribution >= 0.6 is 22.9 Å². The maximum absolute atomic E-state index is 12.1. The number of halogens is 1. The lowest BCUT2D eigenvalue weighted by Crippen LogP contribution is -2.34. The van der Waals surface area contributed by atoms with Crippen LogP contribution in [0.1, 0.15) is 22.2 Å². The van der Waals surface area contributed by atoms with Crippen molar-refractivity contribution < 1.29 is 4.79 Å². The third kappa shape index (κ3) is 3.68. The van der Waals surface area contributed by atoms with E-state index in [1.807, 2.05) is 24.4 Å². The molecule has 0 saturated heterocycles.